The van der Waals surface area contributed by atoms with Crippen molar-refractivity contribution in [1.29, 1.82) is 5.26 Å². The Morgan fingerprint density at radius 3 is 2.13 bits per heavy atom. The monoisotopic (exact) mass is 327 g/mol. The van der Waals surface area contributed by atoms with E-state index in [-0.39, 0.29) is 16.2 Å². The van der Waals surface area contributed by atoms with Crippen LogP contribution in [0.3, 0.4) is 0 Å². The molecule has 6 heteroatoms. The van der Waals surface area contributed by atoms with Crippen LogP contribution in [0.1, 0.15) is 15.9 Å². The Bertz CT molecular complexity index is 889. The summed E-state index contributed by atoms with van der Waals surface area (Å²) in [6, 6.07) is 13.8. The maximum Gasteiger partial charge on any atom is 0.227 e. The van der Waals surface area contributed by atoms with E-state index < -0.39 is 15.6 Å². The molecule has 0 aromatic heterocycles. The van der Waals surface area contributed by atoms with Crippen LogP contribution in [0.25, 0.3) is 0 Å². The Labute approximate surface area is 134 Å². The molecule has 0 spiro atoms. The van der Waals surface area contributed by atoms with Crippen molar-refractivity contribution in [3.63, 3.8) is 0 Å². The summed E-state index contributed by atoms with van der Waals surface area (Å²) in [4.78, 5) is 12.3. The number of sulfone groups is 1. The first-order valence-corrected chi connectivity index (χ1v) is 8.42. The number of benzene rings is 2. The van der Waals surface area contributed by atoms with Gasteiger partial charge in [0.25, 0.3) is 0 Å². The zero-order valence-corrected chi connectivity index (χ0v) is 13.1. The van der Waals surface area contributed by atoms with Crippen molar-refractivity contribution in [2.24, 2.45) is 0 Å². The quantitative estimate of drug-likeness (QED) is 0.479. The molecule has 0 bridgehead atoms. The topological polar surface area (TPSA) is 84.2 Å². The number of hydrogen-bond acceptors (Lipinski definition) is 5. The number of rotatable bonds is 5. The third-order valence-electron chi connectivity index (χ3n) is 3.02. The summed E-state index contributed by atoms with van der Waals surface area (Å²) in [5.74, 6) is -0.161. The highest BCUT2D eigenvalue weighted by atomic mass is 32.2. The molecule has 23 heavy (non-hydrogen) atoms. The lowest BCUT2D eigenvalue weighted by atomic mass is 10.1. The lowest BCUT2D eigenvalue weighted by molar-refractivity contribution is 0.0987. The van der Waals surface area contributed by atoms with Crippen molar-refractivity contribution in [2.75, 3.05) is 6.26 Å². The number of carbonyl (C=O) groups is 1. The van der Waals surface area contributed by atoms with Gasteiger partial charge < -0.3 is 4.74 Å². The van der Waals surface area contributed by atoms with Gasteiger partial charge in [0.2, 0.25) is 5.78 Å². The first kappa shape index (κ1) is 16.5. The standard InChI is InChI=1S/C17H13NO4S/c1-12(22-15-7-3-13(11-18)4-8-15)17(19)14-5-9-16(10-6-14)23(2,20)21/h3-10H,1H2,2H3. The van der Waals surface area contributed by atoms with Gasteiger partial charge in [-0.05, 0) is 48.5 Å². The van der Waals surface area contributed by atoms with E-state index in [9.17, 15) is 13.2 Å². The molecule has 0 N–H and O–H groups in total. The number of ether oxygens (including phenoxy) is 1. The van der Waals surface area contributed by atoms with E-state index in [1.54, 1.807) is 24.3 Å². The van der Waals surface area contributed by atoms with Crippen molar-refractivity contribution in [1.82, 2.24) is 0 Å². The fourth-order valence-electron chi connectivity index (χ4n) is 1.80. The first-order valence-electron chi connectivity index (χ1n) is 6.53. The van der Waals surface area contributed by atoms with Gasteiger partial charge in [0, 0.05) is 11.8 Å². The number of ketones is 1. The van der Waals surface area contributed by atoms with E-state index in [1.165, 1.54) is 24.3 Å². The Balaban J connectivity index is 2.13. The highest BCUT2D eigenvalue weighted by Crippen LogP contribution is 2.18. The Morgan fingerprint density at radius 2 is 1.65 bits per heavy atom. The number of allylic oxidation sites excluding steroid dienone is 1. The number of carbonyl (C=O) groups excluding carboxylic acids is 1. The van der Waals surface area contributed by atoms with Crippen LogP contribution >= 0.6 is 0 Å². The van der Waals surface area contributed by atoms with Crippen LogP contribution in [-0.4, -0.2) is 20.5 Å². The van der Waals surface area contributed by atoms with Crippen molar-refractivity contribution in [3.05, 3.63) is 72.0 Å². The molecule has 0 fully saturated rings. The van der Waals surface area contributed by atoms with Crippen LogP contribution in [-0.2, 0) is 9.84 Å². The Kier molecular flexibility index (Phi) is 4.63. The minimum atomic E-state index is -3.31. The van der Waals surface area contributed by atoms with E-state index >= 15 is 0 Å². The van der Waals surface area contributed by atoms with Gasteiger partial charge >= 0.3 is 0 Å². The molecule has 0 amide bonds. The third-order valence-corrected chi connectivity index (χ3v) is 4.15. The molecule has 2 aromatic carbocycles. The van der Waals surface area contributed by atoms with Crippen LogP contribution in [0.5, 0.6) is 5.75 Å². The molecule has 0 aliphatic carbocycles. The van der Waals surface area contributed by atoms with E-state index in [1.807, 2.05) is 6.07 Å². The van der Waals surface area contributed by atoms with Gasteiger partial charge in [0.05, 0.1) is 16.5 Å². The summed E-state index contributed by atoms with van der Waals surface area (Å²) in [7, 11) is -3.31. The van der Waals surface area contributed by atoms with Crippen LogP contribution in [0.2, 0.25) is 0 Å². The number of Topliss-reactive ketones (excluding diaryl/α,β-unsaturated/α-hetero) is 1. The normalized spacial score (nSPS) is 10.6. The molecule has 2 rings (SSSR count). The first-order chi connectivity index (χ1) is 10.8. The van der Waals surface area contributed by atoms with Gasteiger partial charge in [-0.3, -0.25) is 4.79 Å². The van der Waals surface area contributed by atoms with Crippen molar-refractivity contribution >= 4 is 15.6 Å². The van der Waals surface area contributed by atoms with Gasteiger partial charge in [-0.25, -0.2) is 8.42 Å². The summed E-state index contributed by atoms with van der Waals surface area (Å²) in [5, 5.41) is 8.72. The van der Waals surface area contributed by atoms with Gasteiger partial charge in [0.1, 0.15) is 5.75 Å². The second-order valence-corrected chi connectivity index (χ2v) is 6.80. The molecule has 0 heterocycles. The summed E-state index contributed by atoms with van der Waals surface area (Å²) in [5.41, 5.74) is 0.752. The predicted molar refractivity (Wildman–Crippen MR) is 84.8 cm³/mol. The summed E-state index contributed by atoms with van der Waals surface area (Å²) < 4.78 is 28.1. The van der Waals surface area contributed by atoms with E-state index in [4.69, 9.17) is 10.00 Å². The molecule has 0 radical (unpaired) electrons. The maximum atomic E-state index is 12.2. The predicted octanol–water partition coefficient (Wildman–Crippen LogP) is 2.74. The highest BCUT2D eigenvalue weighted by Gasteiger charge is 2.14. The van der Waals surface area contributed by atoms with Crippen molar-refractivity contribution in [2.45, 2.75) is 4.90 Å². The number of nitrogens with zero attached hydrogens (tertiary/aromatic N) is 1. The molecule has 0 aliphatic rings. The lowest BCUT2D eigenvalue weighted by Gasteiger charge is -2.08. The third kappa shape index (κ3) is 4.05. The van der Waals surface area contributed by atoms with Crippen LogP contribution < -0.4 is 4.74 Å². The highest BCUT2D eigenvalue weighted by molar-refractivity contribution is 7.90. The molecule has 0 saturated carbocycles. The molecule has 0 atom stereocenters. The average Bonchev–Trinajstić information content (AvgIpc) is 2.54. The summed E-state index contributed by atoms with van der Waals surface area (Å²) in [6.45, 7) is 3.59. The van der Waals surface area contributed by atoms with Gasteiger partial charge in [-0.2, -0.15) is 5.26 Å². The molecule has 0 saturated heterocycles. The minimum absolute atomic E-state index is 0.0955. The van der Waals surface area contributed by atoms with E-state index in [0.29, 0.717) is 11.3 Å². The maximum absolute atomic E-state index is 12.2. The number of hydrogen-bond donors (Lipinski definition) is 0. The van der Waals surface area contributed by atoms with E-state index in [0.717, 1.165) is 6.26 Å². The smallest absolute Gasteiger partial charge is 0.227 e. The molecular formula is C17H13NO4S. The van der Waals surface area contributed by atoms with Crippen LogP contribution in [0.15, 0.2) is 65.8 Å². The van der Waals surface area contributed by atoms with Crippen LogP contribution in [0.4, 0.5) is 0 Å². The molecule has 5 nitrogen and oxygen atoms in total. The van der Waals surface area contributed by atoms with Gasteiger partial charge in [0.15, 0.2) is 15.6 Å². The molecular weight excluding hydrogens is 314 g/mol. The lowest BCUT2D eigenvalue weighted by Crippen LogP contribution is -2.08. The molecule has 0 aliphatic heterocycles. The van der Waals surface area contributed by atoms with Crippen molar-refractivity contribution < 1.29 is 17.9 Å². The Hall–Kier alpha value is -2.91. The largest absolute Gasteiger partial charge is 0.454 e. The fourth-order valence-corrected chi connectivity index (χ4v) is 2.43. The van der Waals surface area contributed by atoms with Gasteiger partial charge in [-0.1, -0.05) is 6.58 Å². The zero-order chi connectivity index (χ0) is 17.0. The zero-order valence-electron chi connectivity index (χ0n) is 12.3. The fraction of sp³-hybridized carbons (Fsp3) is 0.0588. The minimum Gasteiger partial charge on any atom is -0.454 e. The molecule has 0 unspecified atom stereocenters. The SMILES string of the molecule is C=C(Oc1ccc(C#N)cc1)C(=O)c1ccc(S(C)(=O)=O)cc1. The van der Waals surface area contributed by atoms with Gasteiger partial charge in [-0.15, -0.1) is 0 Å². The van der Waals surface area contributed by atoms with Crippen molar-refractivity contribution in [3.8, 4) is 11.8 Å². The second kappa shape index (κ2) is 6.46. The number of nitriles is 1. The molecule has 116 valence electrons. The summed E-state index contributed by atoms with van der Waals surface area (Å²) in [6.07, 6.45) is 1.09. The average molecular weight is 327 g/mol. The Morgan fingerprint density at radius 1 is 1.09 bits per heavy atom. The van der Waals surface area contributed by atoms with Crippen LogP contribution in [0, 0.1) is 11.3 Å². The second-order valence-electron chi connectivity index (χ2n) is 4.79. The van der Waals surface area contributed by atoms with E-state index in [2.05, 4.69) is 6.58 Å². The summed E-state index contributed by atoms with van der Waals surface area (Å²) >= 11 is 0. The molecule has 2 aromatic rings.